The molecule has 2 aromatic heterocycles. The Kier molecular flexibility index (Phi) is 6.54. The number of hydrogen-bond acceptors (Lipinski definition) is 5. The molecule has 1 fully saturated rings. The smallest absolute Gasteiger partial charge is 0.253 e. The summed E-state index contributed by atoms with van der Waals surface area (Å²) in [6.07, 6.45) is 5.47. The first-order chi connectivity index (χ1) is 16.7. The molecule has 0 unspecified atom stereocenters. The SMILES string of the molecule is CCc1ccc2[nH]c(=O)c([C@H](c3nnnn3C3CCCC3)N(CC)Cc3ccccc3)cc2c1. The lowest BCUT2D eigenvalue weighted by atomic mass is 10.0. The number of hydrogen-bond donors (Lipinski definition) is 1. The Labute approximate surface area is 199 Å². The van der Waals surface area contributed by atoms with Gasteiger partial charge in [0.15, 0.2) is 5.82 Å². The summed E-state index contributed by atoms with van der Waals surface area (Å²) in [5, 5.41) is 14.0. The van der Waals surface area contributed by atoms with Gasteiger partial charge in [-0.05, 0) is 70.9 Å². The van der Waals surface area contributed by atoms with Crippen LogP contribution in [0.15, 0.2) is 59.4 Å². The van der Waals surface area contributed by atoms with Crippen molar-refractivity contribution in [2.45, 2.75) is 64.6 Å². The molecule has 1 aliphatic rings. The van der Waals surface area contributed by atoms with E-state index in [-0.39, 0.29) is 17.6 Å². The van der Waals surface area contributed by atoms with Crippen LogP contribution >= 0.6 is 0 Å². The number of aryl methyl sites for hydroxylation is 1. The molecule has 0 radical (unpaired) electrons. The van der Waals surface area contributed by atoms with E-state index in [4.69, 9.17) is 0 Å². The minimum Gasteiger partial charge on any atom is -0.322 e. The Bertz CT molecular complexity index is 1310. The molecule has 34 heavy (non-hydrogen) atoms. The summed E-state index contributed by atoms with van der Waals surface area (Å²) < 4.78 is 1.98. The Balaban J connectivity index is 1.66. The van der Waals surface area contributed by atoms with Crippen LogP contribution in [-0.4, -0.2) is 36.6 Å². The van der Waals surface area contributed by atoms with Crippen LogP contribution < -0.4 is 5.56 Å². The summed E-state index contributed by atoms with van der Waals surface area (Å²) in [5.41, 5.74) is 3.89. The summed E-state index contributed by atoms with van der Waals surface area (Å²) in [5.74, 6) is 0.751. The Morgan fingerprint density at radius 2 is 1.85 bits per heavy atom. The van der Waals surface area contributed by atoms with Crippen molar-refractivity contribution in [3.05, 3.63) is 87.5 Å². The highest BCUT2D eigenvalue weighted by molar-refractivity contribution is 5.80. The third-order valence-electron chi connectivity index (χ3n) is 7.07. The number of rotatable bonds is 8. The number of H-pyrrole nitrogens is 1. The predicted octanol–water partition coefficient (Wildman–Crippen LogP) is 4.80. The third kappa shape index (κ3) is 4.40. The number of fused-ring (bicyclic) bond motifs is 1. The van der Waals surface area contributed by atoms with Crippen molar-refractivity contribution in [3.8, 4) is 0 Å². The molecule has 4 aromatic rings. The van der Waals surface area contributed by atoms with Crippen LogP contribution in [0.25, 0.3) is 10.9 Å². The molecule has 7 heteroatoms. The molecule has 1 saturated carbocycles. The predicted molar refractivity (Wildman–Crippen MR) is 134 cm³/mol. The second kappa shape index (κ2) is 9.89. The van der Waals surface area contributed by atoms with Crippen LogP contribution in [0.4, 0.5) is 0 Å². The van der Waals surface area contributed by atoms with Crippen LogP contribution in [0.3, 0.4) is 0 Å². The van der Waals surface area contributed by atoms with E-state index in [1.165, 1.54) is 24.0 Å². The first kappa shape index (κ1) is 22.5. The van der Waals surface area contributed by atoms with Gasteiger partial charge < -0.3 is 4.98 Å². The fourth-order valence-corrected chi connectivity index (χ4v) is 5.19. The molecule has 1 aliphatic carbocycles. The van der Waals surface area contributed by atoms with Gasteiger partial charge in [0, 0.05) is 17.6 Å². The van der Waals surface area contributed by atoms with E-state index < -0.39 is 0 Å². The monoisotopic (exact) mass is 456 g/mol. The van der Waals surface area contributed by atoms with Crippen LogP contribution in [-0.2, 0) is 13.0 Å². The van der Waals surface area contributed by atoms with E-state index in [9.17, 15) is 4.79 Å². The van der Waals surface area contributed by atoms with E-state index in [0.717, 1.165) is 42.5 Å². The van der Waals surface area contributed by atoms with Gasteiger partial charge in [-0.15, -0.1) is 5.10 Å². The molecule has 0 bridgehead atoms. The molecule has 2 aromatic carbocycles. The highest BCUT2D eigenvalue weighted by Crippen LogP contribution is 2.34. The Morgan fingerprint density at radius 1 is 1.06 bits per heavy atom. The molecule has 5 rings (SSSR count). The lowest BCUT2D eigenvalue weighted by Gasteiger charge is -2.30. The van der Waals surface area contributed by atoms with E-state index in [1.807, 2.05) is 22.9 Å². The molecule has 1 N–H and O–H groups in total. The molecule has 7 nitrogen and oxygen atoms in total. The molecule has 0 saturated heterocycles. The Hall–Kier alpha value is -3.32. The van der Waals surface area contributed by atoms with Crippen molar-refractivity contribution in [3.63, 3.8) is 0 Å². The second-order valence-corrected chi connectivity index (χ2v) is 9.20. The number of pyridine rings is 1. The average molecular weight is 457 g/mol. The second-order valence-electron chi connectivity index (χ2n) is 9.20. The van der Waals surface area contributed by atoms with Crippen molar-refractivity contribution >= 4 is 10.9 Å². The van der Waals surface area contributed by atoms with Crippen molar-refractivity contribution in [1.82, 2.24) is 30.1 Å². The number of benzene rings is 2. The van der Waals surface area contributed by atoms with Crippen molar-refractivity contribution in [1.29, 1.82) is 0 Å². The van der Waals surface area contributed by atoms with Crippen LogP contribution in [0.2, 0.25) is 0 Å². The zero-order valence-corrected chi connectivity index (χ0v) is 19.9. The molecular weight excluding hydrogens is 424 g/mol. The van der Waals surface area contributed by atoms with E-state index in [2.05, 4.69) is 75.7 Å². The largest absolute Gasteiger partial charge is 0.322 e. The van der Waals surface area contributed by atoms with Gasteiger partial charge in [-0.1, -0.05) is 63.1 Å². The molecule has 0 spiro atoms. The van der Waals surface area contributed by atoms with Gasteiger partial charge in [0.1, 0.15) is 6.04 Å². The van der Waals surface area contributed by atoms with Gasteiger partial charge in [-0.2, -0.15) is 0 Å². The lowest BCUT2D eigenvalue weighted by molar-refractivity contribution is 0.210. The highest BCUT2D eigenvalue weighted by atomic mass is 16.1. The van der Waals surface area contributed by atoms with Gasteiger partial charge in [-0.3, -0.25) is 9.69 Å². The Morgan fingerprint density at radius 3 is 2.59 bits per heavy atom. The zero-order valence-electron chi connectivity index (χ0n) is 19.9. The summed E-state index contributed by atoms with van der Waals surface area (Å²) in [6, 6.07) is 18.6. The third-order valence-corrected chi connectivity index (χ3v) is 7.07. The summed E-state index contributed by atoms with van der Waals surface area (Å²) in [6.45, 7) is 5.73. The van der Waals surface area contributed by atoms with Gasteiger partial charge in [-0.25, -0.2) is 4.68 Å². The quantitative estimate of drug-likeness (QED) is 0.412. The van der Waals surface area contributed by atoms with E-state index in [0.29, 0.717) is 12.1 Å². The summed E-state index contributed by atoms with van der Waals surface area (Å²) in [4.78, 5) is 18.9. The van der Waals surface area contributed by atoms with Crippen molar-refractivity contribution in [2.75, 3.05) is 6.54 Å². The minimum absolute atomic E-state index is 0.0887. The highest BCUT2D eigenvalue weighted by Gasteiger charge is 2.32. The molecule has 0 amide bonds. The fourth-order valence-electron chi connectivity index (χ4n) is 5.19. The molecule has 1 atom stereocenters. The first-order valence-corrected chi connectivity index (χ1v) is 12.4. The maximum atomic E-state index is 13.5. The van der Waals surface area contributed by atoms with E-state index >= 15 is 0 Å². The number of nitrogens with zero attached hydrogens (tertiary/aromatic N) is 5. The van der Waals surface area contributed by atoms with Gasteiger partial charge in [0.05, 0.1) is 6.04 Å². The molecule has 176 valence electrons. The summed E-state index contributed by atoms with van der Waals surface area (Å²) >= 11 is 0. The van der Waals surface area contributed by atoms with Crippen LogP contribution in [0, 0.1) is 0 Å². The van der Waals surface area contributed by atoms with Gasteiger partial charge >= 0.3 is 0 Å². The first-order valence-electron chi connectivity index (χ1n) is 12.4. The normalized spacial score (nSPS) is 15.4. The number of tetrazole rings is 1. The fraction of sp³-hybridized carbons (Fsp3) is 0.407. The van der Waals surface area contributed by atoms with Crippen LogP contribution in [0.5, 0.6) is 0 Å². The zero-order chi connectivity index (χ0) is 23.5. The van der Waals surface area contributed by atoms with Gasteiger partial charge in [0.2, 0.25) is 0 Å². The number of nitrogens with one attached hydrogen (secondary N) is 1. The van der Waals surface area contributed by atoms with Crippen molar-refractivity contribution in [2.24, 2.45) is 0 Å². The topological polar surface area (TPSA) is 79.7 Å². The minimum atomic E-state index is -0.348. The van der Waals surface area contributed by atoms with E-state index in [1.54, 1.807) is 0 Å². The number of aromatic nitrogens is 5. The average Bonchev–Trinajstić information content (AvgIpc) is 3.56. The maximum Gasteiger partial charge on any atom is 0.253 e. The molecular formula is C27H32N6O. The summed E-state index contributed by atoms with van der Waals surface area (Å²) in [7, 11) is 0. The van der Waals surface area contributed by atoms with Crippen LogP contribution in [0.1, 0.15) is 74.1 Å². The maximum absolute atomic E-state index is 13.5. The molecule has 0 aliphatic heterocycles. The van der Waals surface area contributed by atoms with Gasteiger partial charge in [0.25, 0.3) is 5.56 Å². The standard InChI is InChI=1S/C27H32N6O/c1-3-19-14-15-24-21(16-19)17-23(27(34)28-24)25(32(4-2)18-20-10-6-5-7-11-20)26-29-30-31-33(26)22-12-8-9-13-22/h5-7,10-11,14-17,22,25H,3-4,8-9,12-13,18H2,1-2H3,(H,28,34)/t25-/m1/s1. The van der Waals surface area contributed by atoms with Crippen molar-refractivity contribution < 1.29 is 0 Å². The lowest BCUT2D eigenvalue weighted by Crippen LogP contribution is -2.35. The molecule has 2 heterocycles. The number of aromatic amines is 1.